The first kappa shape index (κ1) is 17.3. The molecule has 0 radical (unpaired) electrons. The molecule has 0 aliphatic carbocycles. The number of likely N-dealkylation sites (N-methyl/N-ethyl adjacent to an activating group) is 1. The summed E-state index contributed by atoms with van der Waals surface area (Å²) in [4.78, 5) is 40.4. The van der Waals surface area contributed by atoms with E-state index in [-0.39, 0.29) is 35.9 Å². The van der Waals surface area contributed by atoms with Gasteiger partial charge in [0.2, 0.25) is 5.91 Å². The molecular weight excluding hydrogens is 346 g/mol. The average Bonchev–Trinajstić information content (AvgIpc) is 3.22. The van der Waals surface area contributed by atoms with Gasteiger partial charge in [-0.05, 0) is 24.6 Å². The van der Waals surface area contributed by atoms with Crippen molar-refractivity contribution in [1.29, 1.82) is 0 Å². The maximum absolute atomic E-state index is 12.6. The molecule has 3 amide bonds. The molecule has 140 valence electrons. The molecule has 2 aromatic rings. The molecule has 0 bridgehead atoms. The zero-order valence-corrected chi connectivity index (χ0v) is 15.3. The number of anilines is 1. The van der Waals surface area contributed by atoms with E-state index < -0.39 is 0 Å². The van der Waals surface area contributed by atoms with Crippen LogP contribution in [0.4, 0.5) is 5.69 Å². The van der Waals surface area contributed by atoms with Crippen LogP contribution in [-0.2, 0) is 11.3 Å². The fourth-order valence-corrected chi connectivity index (χ4v) is 3.52. The Bertz CT molecular complexity index is 935. The number of hydrogen-bond donors (Lipinski definition) is 1. The Morgan fingerprint density at radius 1 is 1.22 bits per heavy atom. The maximum Gasteiger partial charge on any atom is 0.272 e. The van der Waals surface area contributed by atoms with E-state index in [1.165, 1.54) is 6.07 Å². The van der Waals surface area contributed by atoms with E-state index in [2.05, 4.69) is 10.4 Å². The molecule has 0 saturated carbocycles. The van der Waals surface area contributed by atoms with E-state index in [1.807, 2.05) is 31.2 Å². The first-order valence-electron chi connectivity index (χ1n) is 8.93. The Hall–Kier alpha value is -3.16. The summed E-state index contributed by atoms with van der Waals surface area (Å²) < 4.78 is 1.57. The van der Waals surface area contributed by atoms with Crippen LogP contribution >= 0.6 is 0 Å². The standard InChI is InChI=1S/C19H21N5O3/c1-12-4-3-5-14(8-12)23-11-13(9-17(23)25)20-18(26)15-10-16-19(27)22(2)6-7-24(16)21-15/h3-5,8,10,13H,6-7,9,11H2,1-2H3,(H,20,26). The highest BCUT2D eigenvalue weighted by Gasteiger charge is 2.33. The van der Waals surface area contributed by atoms with Crippen LogP contribution in [0.5, 0.6) is 0 Å². The van der Waals surface area contributed by atoms with Gasteiger partial charge >= 0.3 is 0 Å². The van der Waals surface area contributed by atoms with Gasteiger partial charge in [-0.2, -0.15) is 5.10 Å². The monoisotopic (exact) mass is 367 g/mol. The molecule has 1 N–H and O–H groups in total. The Kier molecular flexibility index (Phi) is 4.18. The molecule has 4 rings (SSSR count). The number of aryl methyl sites for hydroxylation is 1. The van der Waals surface area contributed by atoms with E-state index in [9.17, 15) is 14.4 Å². The predicted molar refractivity (Wildman–Crippen MR) is 98.6 cm³/mol. The van der Waals surface area contributed by atoms with Gasteiger partial charge in [-0.25, -0.2) is 0 Å². The molecule has 1 aromatic heterocycles. The number of hydrogen-bond acceptors (Lipinski definition) is 4. The SMILES string of the molecule is Cc1cccc(N2CC(NC(=O)c3cc4n(n3)CCN(C)C4=O)CC2=O)c1. The van der Waals surface area contributed by atoms with Crippen LogP contribution in [0, 0.1) is 6.92 Å². The third-order valence-electron chi connectivity index (χ3n) is 5.00. The number of carbonyl (C=O) groups excluding carboxylic acids is 3. The number of benzene rings is 1. The number of rotatable bonds is 3. The lowest BCUT2D eigenvalue weighted by molar-refractivity contribution is -0.117. The minimum atomic E-state index is -0.365. The smallest absolute Gasteiger partial charge is 0.272 e. The van der Waals surface area contributed by atoms with Crippen LogP contribution in [0.15, 0.2) is 30.3 Å². The first-order chi connectivity index (χ1) is 12.9. The summed E-state index contributed by atoms with van der Waals surface area (Å²) in [5, 5.41) is 7.12. The second kappa shape index (κ2) is 6.53. The summed E-state index contributed by atoms with van der Waals surface area (Å²) in [5.74, 6) is -0.530. The third-order valence-corrected chi connectivity index (χ3v) is 5.00. The fourth-order valence-electron chi connectivity index (χ4n) is 3.52. The Balaban J connectivity index is 1.46. The molecule has 1 saturated heterocycles. The molecule has 8 heteroatoms. The predicted octanol–water partition coefficient (Wildman–Crippen LogP) is 0.812. The Morgan fingerprint density at radius 3 is 2.81 bits per heavy atom. The fraction of sp³-hybridized carbons (Fsp3) is 0.368. The number of nitrogens with one attached hydrogen (secondary N) is 1. The molecule has 3 heterocycles. The lowest BCUT2D eigenvalue weighted by Gasteiger charge is -2.22. The van der Waals surface area contributed by atoms with E-state index in [0.29, 0.717) is 25.3 Å². The number of carbonyl (C=O) groups is 3. The van der Waals surface area contributed by atoms with Gasteiger partial charge in [0.15, 0.2) is 5.69 Å². The third kappa shape index (κ3) is 3.18. The zero-order valence-electron chi connectivity index (χ0n) is 15.3. The van der Waals surface area contributed by atoms with E-state index in [0.717, 1.165) is 11.3 Å². The van der Waals surface area contributed by atoms with E-state index in [1.54, 1.807) is 21.5 Å². The second-order valence-electron chi connectivity index (χ2n) is 7.08. The maximum atomic E-state index is 12.6. The summed E-state index contributed by atoms with van der Waals surface area (Å²) in [7, 11) is 1.72. The topological polar surface area (TPSA) is 87.5 Å². The van der Waals surface area contributed by atoms with E-state index >= 15 is 0 Å². The highest BCUT2D eigenvalue weighted by atomic mass is 16.2. The lowest BCUT2D eigenvalue weighted by Crippen LogP contribution is -2.37. The summed E-state index contributed by atoms with van der Waals surface area (Å²) in [6.07, 6.45) is 0.245. The van der Waals surface area contributed by atoms with Crippen LogP contribution in [0.2, 0.25) is 0 Å². The van der Waals surface area contributed by atoms with Gasteiger partial charge in [-0.15, -0.1) is 0 Å². The van der Waals surface area contributed by atoms with Crippen molar-refractivity contribution in [1.82, 2.24) is 20.0 Å². The summed E-state index contributed by atoms with van der Waals surface area (Å²) in [6, 6.07) is 8.95. The number of aromatic nitrogens is 2. The molecule has 8 nitrogen and oxygen atoms in total. The summed E-state index contributed by atoms with van der Waals surface area (Å²) in [6.45, 7) is 3.52. The van der Waals surface area contributed by atoms with Crippen molar-refractivity contribution in [3.63, 3.8) is 0 Å². The summed E-state index contributed by atoms with van der Waals surface area (Å²) in [5.41, 5.74) is 2.53. The minimum absolute atomic E-state index is 0.0214. The van der Waals surface area contributed by atoms with Crippen LogP contribution in [-0.4, -0.2) is 58.6 Å². The molecule has 1 unspecified atom stereocenters. The van der Waals surface area contributed by atoms with E-state index in [4.69, 9.17) is 0 Å². The Morgan fingerprint density at radius 2 is 2.04 bits per heavy atom. The highest BCUT2D eigenvalue weighted by Crippen LogP contribution is 2.23. The lowest BCUT2D eigenvalue weighted by atomic mass is 10.2. The van der Waals surface area contributed by atoms with Crippen molar-refractivity contribution in [3.8, 4) is 0 Å². The van der Waals surface area contributed by atoms with Crippen molar-refractivity contribution < 1.29 is 14.4 Å². The number of fused-ring (bicyclic) bond motifs is 1. The molecule has 0 spiro atoms. The van der Waals surface area contributed by atoms with Crippen LogP contribution in [0.1, 0.15) is 33.0 Å². The van der Waals surface area contributed by atoms with Gasteiger partial charge in [0.1, 0.15) is 5.69 Å². The molecule has 1 atom stereocenters. The number of nitrogens with zero attached hydrogens (tertiary/aromatic N) is 4. The van der Waals surface area contributed by atoms with Crippen molar-refractivity contribution in [3.05, 3.63) is 47.3 Å². The minimum Gasteiger partial charge on any atom is -0.346 e. The van der Waals surface area contributed by atoms with Gasteiger partial charge in [0.25, 0.3) is 11.8 Å². The van der Waals surface area contributed by atoms with Gasteiger partial charge in [-0.3, -0.25) is 19.1 Å². The van der Waals surface area contributed by atoms with Crippen LogP contribution < -0.4 is 10.2 Å². The molecule has 2 aliphatic rings. The van der Waals surface area contributed by atoms with Crippen molar-refractivity contribution >= 4 is 23.4 Å². The van der Waals surface area contributed by atoms with Crippen molar-refractivity contribution in [2.75, 3.05) is 25.0 Å². The van der Waals surface area contributed by atoms with Gasteiger partial charge in [0.05, 0.1) is 12.6 Å². The molecule has 1 aromatic carbocycles. The molecule has 2 aliphatic heterocycles. The molecule has 1 fully saturated rings. The first-order valence-corrected chi connectivity index (χ1v) is 8.93. The zero-order chi connectivity index (χ0) is 19.1. The average molecular weight is 367 g/mol. The largest absolute Gasteiger partial charge is 0.346 e. The normalized spacial score (nSPS) is 19.4. The van der Waals surface area contributed by atoms with Gasteiger partial charge in [0, 0.05) is 38.3 Å². The van der Waals surface area contributed by atoms with Gasteiger partial charge in [-0.1, -0.05) is 12.1 Å². The highest BCUT2D eigenvalue weighted by molar-refractivity contribution is 6.00. The quantitative estimate of drug-likeness (QED) is 0.870. The molecule has 27 heavy (non-hydrogen) atoms. The second-order valence-corrected chi connectivity index (χ2v) is 7.08. The van der Waals surface area contributed by atoms with Gasteiger partial charge < -0.3 is 15.1 Å². The van der Waals surface area contributed by atoms with Crippen LogP contribution in [0.3, 0.4) is 0 Å². The van der Waals surface area contributed by atoms with Crippen molar-refractivity contribution in [2.24, 2.45) is 0 Å². The van der Waals surface area contributed by atoms with Crippen molar-refractivity contribution in [2.45, 2.75) is 25.9 Å². The summed E-state index contributed by atoms with van der Waals surface area (Å²) >= 11 is 0. The Labute approximate surface area is 156 Å². The molecular formula is C19H21N5O3. The number of amides is 3. The van der Waals surface area contributed by atoms with Crippen LogP contribution in [0.25, 0.3) is 0 Å².